The molecule has 1 aromatic rings. The van der Waals surface area contributed by atoms with Crippen LogP contribution >= 0.6 is 24.0 Å². The molecule has 1 aliphatic rings. The number of ether oxygens (including phenoxy) is 1. The summed E-state index contributed by atoms with van der Waals surface area (Å²) in [5.41, 5.74) is 6.66. The first kappa shape index (κ1) is 19.1. The molecular formula is C16H24Cl2N2O2. The van der Waals surface area contributed by atoms with Crippen molar-refractivity contribution in [2.45, 2.75) is 38.6 Å². The van der Waals surface area contributed by atoms with E-state index in [0.29, 0.717) is 31.9 Å². The van der Waals surface area contributed by atoms with E-state index in [0.717, 1.165) is 16.3 Å². The second-order valence-corrected chi connectivity index (χ2v) is 6.02. The van der Waals surface area contributed by atoms with Gasteiger partial charge in [-0.25, -0.2) is 0 Å². The quantitative estimate of drug-likeness (QED) is 0.711. The lowest BCUT2D eigenvalue weighted by atomic mass is 10.2. The van der Waals surface area contributed by atoms with E-state index < -0.39 is 0 Å². The van der Waals surface area contributed by atoms with Gasteiger partial charge in [-0.3, -0.25) is 4.79 Å². The van der Waals surface area contributed by atoms with Gasteiger partial charge in [-0.2, -0.15) is 0 Å². The number of rotatable bonds is 8. The number of aryl methyl sites for hydroxylation is 1. The summed E-state index contributed by atoms with van der Waals surface area (Å²) >= 11 is 5.96. The minimum Gasteiger partial charge on any atom is -0.494 e. The molecule has 3 N–H and O–H groups in total. The normalized spacial score (nSPS) is 14.9. The minimum atomic E-state index is 0. The molecule has 0 saturated heterocycles. The Kier molecular flexibility index (Phi) is 8.01. The summed E-state index contributed by atoms with van der Waals surface area (Å²) in [5.74, 6) is 1.44. The number of halogens is 2. The maximum atomic E-state index is 11.8. The van der Waals surface area contributed by atoms with E-state index in [4.69, 9.17) is 22.1 Å². The third-order valence-corrected chi connectivity index (χ3v) is 4.16. The molecule has 2 rings (SSSR count). The lowest BCUT2D eigenvalue weighted by Crippen LogP contribution is -2.41. The fourth-order valence-electron chi connectivity index (χ4n) is 2.28. The van der Waals surface area contributed by atoms with Gasteiger partial charge < -0.3 is 15.8 Å². The monoisotopic (exact) mass is 346 g/mol. The van der Waals surface area contributed by atoms with Crippen LogP contribution < -0.4 is 15.8 Å². The molecule has 1 aromatic carbocycles. The molecule has 1 amide bonds. The Morgan fingerprint density at radius 1 is 1.50 bits per heavy atom. The van der Waals surface area contributed by atoms with E-state index in [2.05, 4.69) is 5.32 Å². The predicted molar refractivity (Wildman–Crippen MR) is 91.9 cm³/mol. The first-order chi connectivity index (χ1) is 10.1. The first-order valence-corrected chi connectivity index (χ1v) is 7.86. The van der Waals surface area contributed by atoms with Gasteiger partial charge in [0.05, 0.1) is 6.61 Å². The van der Waals surface area contributed by atoms with Crippen molar-refractivity contribution in [1.29, 1.82) is 0 Å². The number of benzene rings is 1. The standard InChI is InChI=1S/C16H23ClN2O2.ClH/c1-11-9-13(6-7-14(11)17)21-8-2-3-16(20)19-15(10-18)12-4-5-12;/h6-7,9,12,15H,2-5,8,10,18H2,1H3,(H,19,20);1H. The Morgan fingerprint density at radius 3 is 2.82 bits per heavy atom. The van der Waals surface area contributed by atoms with Gasteiger partial charge in [-0.15, -0.1) is 12.4 Å². The lowest BCUT2D eigenvalue weighted by molar-refractivity contribution is -0.122. The van der Waals surface area contributed by atoms with Crippen LogP contribution in [0.25, 0.3) is 0 Å². The van der Waals surface area contributed by atoms with E-state index in [1.165, 1.54) is 12.8 Å². The molecule has 0 bridgehead atoms. The van der Waals surface area contributed by atoms with Crippen molar-refractivity contribution in [3.8, 4) is 5.75 Å². The predicted octanol–water partition coefficient (Wildman–Crippen LogP) is 3.08. The Bertz CT molecular complexity index is 493. The molecule has 6 heteroatoms. The summed E-state index contributed by atoms with van der Waals surface area (Å²) in [5, 5.41) is 3.74. The Morgan fingerprint density at radius 2 is 2.23 bits per heavy atom. The number of amides is 1. The highest BCUT2D eigenvalue weighted by atomic mass is 35.5. The molecule has 1 aliphatic carbocycles. The summed E-state index contributed by atoms with van der Waals surface area (Å²) in [6.45, 7) is 2.98. The fourth-order valence-corrected chi connectivity index (χ4v) is 2.39. The van der Waals surface area contributed by atoms with Crippen LogP contribution in [0, 0.1) is 12.8 Å². The maximum absolute atomic E-state index is 11.8. The molecule has 124 valence electrons. The van der Waals surface area contributed by atoms with Crippen molar-refractivity contribution >= 4 is 29.9 Å². The van der Waals surface area contributed by atoms with Gasteiger partial charge in [0, 0.05) is 24.0 Å². The summed E-state index contributed by atoms with van der Waals surface area (Å²) < 4.78 is 5.62. The van der Waals surface area contributed by atoms with E-state index in [9.17, 15) is 4.79 Å². The number of hydrogen-bond acceptors (Lipinski definition) is 3. The molecule has 0 radical (unpaired) electrons. The second kappa shape index (κ2) is 9.23. The molecule has 1 fully saturated rings. The van der Waals surface area contributed by atoms with Crippen LogP contribution in [0.1, 0.15) is 31.2 Å². The fraction of sp³-hybridized carbons (Fsp3) is 0.562. The number of carbonyl (C=O) groups is 1. The van der Waals surface area contributed by atoms with Crippen LogP contribution in [0.2, 0.25) is 5.02 Å². The largest absolute Gasteiger partial charge is 0.494 e. The highest BCUT2D eigenvalue weighted by Gasteiger charge is 2.30. The van der Waals surface area contributed by atoms with Crippen molar-refractivity contribution in [2.24, 2.45) is 11.7 Å². The van der Waals surface area contributed by atoms with Crippen LogP contribution in [0.3, 0.4) is 0 Å². The van der Waals surface area contributed by atoms with Crippen LogP contribution in [-0.4, -0.2) is 25.1 Å². The molecule has 0 aliphatic heterocycles. The summed E-state index contributed by atoms with van der Waals surface area (Å²) in [6, 6.07) is 5.71. The number of hydrogen-bond donors (Lipinski definition) is 2. The highest BCUT2D eigenvalue weighted by Crippen LogP contribution is 2.32. The van der Waals surface area contributed by atoms with Gasteiger partial charge in [-0.05, 0) is 55.9 Å². The van der Waals surface area contributed by atoms with Gasteiger partial charge in [0.2, 0.25) is 5.91 Å². The summed E-state index contributed by atoms with van der Waals surface area (Å²) in [7, 11) is 0. The zero-order valence-corrected chi connectivity index (χ0v) is 14.4. The zero-order chi connectivity index (χ0) is 15.2. The SMILES string of the molecule is Cc1cc(OCCCC(=O)NC(CN)C2CC2)ccc1Cl.Cl. The average molecular weight is 347 g/mol. The zero-order valence-electron chi connectivity index (χ0n) is 12.8. The van der Waals surface area contributed by atoms with Crippen molar-refractivity contribution < 1.29 is 9.53 Å². The maximum Gasteiger partial charge on any atom is 0.220 e. The van der Waals surface area contributed by atoms with Gasteiger partial charge >= 0.3 is 0 Å². The van der Waals surface area contributed by atoms with Crippen LogP contribution in [0.15, 0.2) is 18.2 Å². The van der Waals surface area contributed by atoms with E-state index in [1.807, 2.05) is 25.1 Å². The highest BCUT2D eigenvalue weighted by molar-refractivity contribution is 6.31. The Labute approximate surface area is 143 Å². The Hall–Kier alpha value is -0.970. The van der Waals surface area contributed by atoms with Crippen molar-refractivity contribution in [1.82, 2.24) is 5.32 Å². The lowest BCUT2D eigenvalue weighted by Gasteiger charge is -2.16. The van der Waals surface area contributed by atoms with Gasteiger partial charge in [0.15, 0.2) is 0 Å². The summed E-state index contributed by atoms with van der Waals surface area (Å²) in [6.07, 6.45) is 3.52. The molecule has 22 heavy (non-hydrogen) atoms. The number of carbonyl (C=O) groups excluding carboxylic acids is 1. The van der Waals surface area contributed by atoms with E-state index >= 15 is 0 Å². The third kappa shape index (κ3) is 6.03. The van der Waals surface area contributed by atoms with E-state index in [-0.39, 0.29) is 24.4 Å². The Balaban J connectivity index is 0.00000242. The molecule has 1 unspecified atom stereocenters. The minimum absolute atomic E-state index is 0. The van der Waals surface area contributed by atoms with Crippen LogP contribution in [0.5, 0.6) is 5.75 Å². The first-order valence-electron chi connectivity index (χ1n) is 7.48. The molecule has 0 heterocycles. The van der Waals surface area contributed by atoms with Gasteiger partial charge in [-0.1, -0.05) is 11.6 Å². The van der Waals surface area contributed by atoms with Crippen LogP contribution in [0.4, 0.5) is 0 Å². The smallest absolute Gasteiger partial charge is 0.220 e. The van der Waals surface area contributed by atoms with Gasteiger partial charge in [0.25, 0.3) is 0 Å². The molecule has 0 spiro atoms. The molecule has 1 atom stereocenters. The van der Waals surface area contributed by atoms with Crippen molar-refractivity contribution in [3.63, 3.8) is 0 Å². The second-order valence-electron chi connectivity index (χ2n) is 5.61. The third-order valence-electron chi connectivity index (χ3n) is 3.74. The number of nitrogens with one attached hydrogen (secondary N) is 1. The summed E-state index contributed by atoms with van der Waals surface area (Å²) in [4.78, 5) is 11.8. The van der Waals surface area contributed by atoms with Gasteiger partial charge in [0.1, 0.15) is 5.75 Å². The molecule has 1 saturated carbocycles. The number of nitrogens with two attached hydrogens (primary N) is 1. The average Bonchev–Trinajstić information content (AvgIpc) is 3.29. The van der Waals surface area contributed by atoms with E-state index in [1.54, 1.807) is 0 Å². The van der Waals surface area contributed by atoms with Crippen molar-refractivity contribution in [2.75, 3.05) is 13.2 Å². The topological polar surface area (TPSA) is 64.3 Å². The molecule has 4 nitrogen and oxygen atoms in total. The van der Waals surface area contributed by atoms with Crippen molar-refractivity contribution in [3.05, 3.63) is 28.8 Å². The molecular weight excluding hydrogens is 323 g/mol. The molecule has 0 aromatic heterocycles. The van der Waals surface area contributed by atoms with Crippen LogP contribution in [-0.2, 0) is 4.79 Å².